The van der Waals surface area contributed by atoms with Crippen LogP contribution in [0.2, 0.25) is 0 Å². The Morgan fingerprint density at radius 1 is 0.967 bits per heavy atom. The maximum Gasteiger partial charge on any atom is 0.269 e. The third-order valence-electron chi connectivity index (χ3n) is 4.24. The fraction of sp³-hybridized carbons (Fsp3) is 0.0476. The summed E-state index contributed by atoms with van der Waals surface area (Å²) in [4.78, 5) is 35.3. The minimum Gasteiger partial charge on any atom is -0.333 e. The molecule has 2 amide bonds. The van der Waals surface area contributed by atoms with Crippen LogP contribution in [-0.4, -0.2) is 26.8 Å². The highest BCUT2D eigenvalue weighted by atomic mass is 32.2. The number of hydrogen-bond donors (Lipinski definition) is 3. The fourth-order valence-corrected chi connectivity index (χ4v) is 3.54. The molecule has 0 fully saturated rings. The molecule has 0 saturated carbocycles. The minimum atomic E-state index is -0.773. The monoisotopic (exact) mass is 421 g/mol. The van der Waals surface area contributed by atoms with Gasteiger partial charge in [-0.05, 0) is 35.9 Å². The van der Waals surface area contributed by atoms with Crippen molar-refractivity contribution in [3.8, 4) is 0 Å². The van der Waals surface area contributed by atoms with Crippen molar-refractivity contribution in [2.45, 2.75) is 10.9 Å². The van der Waals surface area contributed by atoms with E-state index in [9.17, 15) is 14.0 Å². The predicted molar refractivity (Wildman–Crippen MR) is 111 cm³/mol. The fourth-order valence-electron chi connectivity index (χ4n) is 2.70. The second-order valence-corrected chi connectivity index (χ2v) is 7.28. The second kappa shape index (κ2) is 8.75. The summed E-state index contributed by atoms with van der Waals surface area (Å²) < 4.78 is 13.1. The van der Waals surface area contributed by atoms with E-state index in [2.05, 4.69) is 25.8 Å². The molecule has 2 aromatic heterocycles. The van der Waals surface area contributed by atoms with Crippen LogP contribution >= 0.6 is 11.8 Å². The summed E-state index contributed by atoms with van der Waals surface area (Å²) in [5.41, 5.74) is 7.93. The van der Waals surface area contributed by atoms with Crippen molar-refractivity contribution in [1.29, 1.82) is 0 Å². The van der Waals surface area contributed by atoms with Crippen molar-refractivity contribution in [1.82, 2.24) is 25.8 Å². The van der Waals surface area contributed by atoms with E-state index in [0.29, 0.717) is 11.3 Å². The zero-order valence-electron chi connectivity index (χ0n) is 15.6. The van der Waals surface area contributed by atoms with Crippen molar-refractivity contribution in [2.75, 3.05) is 0 Å². The van der Waals surface area contributed by atoms with Crippen LogP contribution in [0.25, 0.3) is 11.0 Å². The number of nitrogens with one attached hydrogen (secondary N) is 3. The average molecular weight is 421 g/mol. The minimum absolute atomic E-state index is 0.0563. The van der Waals surface area contributed by atoms with Gasteiger partial charge in [0.1, 0.15) is 0 Å². The number of halogens is 1. The summed E-state index contributed by atoms with van der Waals surface area (Å²) in [7, 11) is 0. The highest BCUT2D eigenvalue weighted by Gasteiger charge is 2.10. The van der Waals surface area contributed by atoms with Gasteiger partial charge in [-0.2, -0.15) is 4.39 Å². The Labute approximate surface area is 175 Å². The van der Waals surface area contributed by atoms with E-state index in [4.69, 9.17) is 0 Å². The molecule has 3 N–H and O–H groups in total. The highest BCUT2D eigenvalue weighted by Crippen LogP contribution is 2.23. The van der Waals surface area contributed by atoms with Crippen LogP contribution in [0.3, 0.4) is 0 Å². The van der Waals surface area contributed by atoms with Gasteiger partial charge in [0.05, 0.1) is 11.0 Å². The molecule has 9 heteroatoms. The van der Waals surface area contributed by atoms with E-state index < -0.39 is 17.8 Å². The van der Waals surface area contributed by atoms with E-state index in [-0.39, 0.29) is 5.56 Å². The summed E-state index contributed by atoms with van der Waals surface area (Å²) in [6.45, 7) is 0. The number of fused-ring (bicyclic) bond motifs is 1. The van der Waals surface area contributed by atoms with Crippen LogP contribution in [0.4, 0.5) is 4.39 Å². The Hall–Kier alpha value is -3.72. The van der Waals surface area contributed by atoms with E-state index in [1.54, 1.807) is 23.9 Å². The standard InChI is InChI=1S/C21H16FN5O2S/c22-18-11-15(9-10-23-18)20(29)27-26-19(28)14-7-5-13(6-8-14)12-30-21-24-16-3-1-2-4-17(16)25-21/h1-11H,12H2,(H,24,25)(H,26,28)(H,27,29). The van der Waals surface area contributed by atoms with Crippen LogP contribution in [0, 0.1) is 5.95 Å². The molecule has 0 bridgehead atoms. The summed E-state index contributed by atoms with van der Waals surface area (Å²) in [5.74, 6) is -1.20. The van der Waals surface area contributed by atoms with Crippen molar-refractivity contribution in [3.63, 3.8) is 0 Å². The molecule has 4 rings (SSSR count). The van der Waals surface area contributed by atoms with Gasteiger partial charge in [0.25, 0.3) is 11.8 Å². The lowest BCUT2D eigenvalue weighted by Gasteiger charge is -2.08. The molecule has 0 aliphatic heterocycles. The van der Waals surface area contributed by atoms with Crippen LogP contribution < -0.4 is 10.9 Å². The first-order valence-electron chi connectivity index (χ1n) is 8.97. The smallest absolute Gasteiger partial charge is 0.269 e. The van der Waals surface area contributed by atoms with Gasteiger partial charge in [-0.15, -0.1) is 0 Å². The van der Waals surface area contributed by atoms with Crippen molar-refractivity contribution in [2.24, 2.45) is 0 Å². The molecule has 0 spiro atoms. The number of benzene rings is 2. The van der Waals surface area contributed by atoms with Gasteiger partial charge < -0.3 is 4.98 Å². The van der Waals surface area contributed by atoms with Crippen LogP contribution in [0.15, 0.2) is 72.0 Å². The molecule has 0 saturated heterocycles. The normalized spacial score (nSPS) is 10.7. The molecule has 0 atom stereocenters. The van der Waals surface area contributed by atoms with Gasteiger partial charge in [0, 0.05) is 29.1 Å². The van der Waals surface area contributed by atoms with Crippen molar-refractivity contribution >= 4 is 34.6 Å². The van der Waals surface area contributed by atoms with Gasteiger partial charge in [-0.3, -0.25) is 20.4 Å². The molecule has 0 radical (unpaired) electrons. The number of rotatable bonds is 5. The molecule has 7 nitrogen and oxygen atoms in total. The Balaban J connectivity index is 1.31. The van der Waals surface area contributed by atoms with Gasteiger partial charge >= 0.3 is 0 Å². The van der Waals surface area contributed by atoms with Crippen LogP contribution in [0.5, 0.6) is 0 Å². The molecule has 0 aliphatic rings. The van der Waals surface area contributed by atoms with Gasteiger partial charge in [-0.1, -0.05) is 36.0 Å². The topological polar surface area (TPSA) is 99.8 Å². The number of pyridine rings is 1. The quantitative estimate of drug-likeness (QED) is 0.260. The van der Waals surface area contributed by atoms with E-state index in [0.717, 1.165) is 27.8 Å². The molecular weight excluding hydrogens is 405 g/mol. The van der Waals surface area contributed by atoms with Crippen LogP contribution in [0.1, 0.15) is 26.3 Å². The van der Waals surface area contributed by atoms with Crippen molar-refractivity contribution in [3.05, 3.63) is 89.5 Å². The lowest BCUT2D eigenvalue weighted by molar-refractivity contribution is 0.0846. The average Bonchev–Trinajstić information content (AvgIpc) is 3.19. The SMILES string of the molecule is O=C(NNC(=O)c1ccnc(F)c1)c1ccc(CSc2nc3ccccc3[nH]2)cc1. The van der Waals surface area contributed by atoms with Crippen LogP contribution in [-0.2, 0) is 5.75 Å². The Morgan fingerprint density at radius 3 is 2.43 bits per heavy atom. The molecule has 2 heterocycles. The Morgan fingerprint density at radius 2 is 1.70 bits per heavy atom. The molecule has 4 aromatic rings. The molecule has 30 heavy (non-hydrogen) atoms. The van der Waals surface area contributed by atoms with E-state index in [1.807, 2.05) is 36.4 Å². The largest absolute Gasteiger partial charge is 0.333 e. The number of aromatic amines is 1. The van der Waals surface area contributed by atoms with Gasteiger partial charge in [-0.25, -0.2) is 9.97 Å². The number of para-hydroxylation sites is 2. The first-order valence-corrected chi connectivity index (χ1v) is 9.96. The second-order valence-electron chi connectivity index (χ2n) is 6.32. The maximum atomic E-state index is 13.1. The lowest BCUT2D eigenvalue weighted by atomic mass is 10.1. The number of aromatic nitrogens is 3. The summed E-state index contributed by atoms with van der Waals surface area (Å²) in [5, 5.41) is 0.827. The number of carbonyl (C=O) groups excluding carboxylic acids is 2. The maximum absolute atomic E-state index is 13.1. The third-order valence-corrected chi connectivity index (χ3v) is 5.18. The highest BCUT2D eigenvalue weighted by molar-refractivity contribution is 7.98. The number of amides is 2. The number of hydrazine groups is 1. The van der Waals surface area contributed by atoms with Gasteiger partial charge in [0.2, 0.25) is 5.95 Å². The Bertz CT molecular complexity index is 1180. The van der Waals surface area contributed by atoms with E-state index >= 15 is 0 Å². The first kappa shape index (κ1) is 19.6. The summed E-state index contributed by atoms with van der Waals surface area (Å²) in [6.07, 6.45) is 1.17. The number of nitrogens with zero attached hydrogens (tertiary/aromatic N) is 2. The number of carbonyl (C=O) groups is 2. The number of hydrogen-bond acceptors (Lipinski definition) is 5. The molecule has 2 aromatic carbocycles. The molecule has 150 valence electrons. The zero-order valence-corrected chi connectivity index (χ0v) is 16.4. The molecule has 0 unspecified atom stereocenters. The number of H-pyrrole nitrogens is 1. The van der Waals surface area contributed by atoms with Gasteiger partial charge in [0.15, 0.2) is 5.16 Å². The molecule has 0 aliphatic carbocycles. The Kier molecular flexibility index (Phi) is 5.71. The van der Waals surface area contributed by atoms with Crippen molar-refractivity contribution < 1.29 is 14.0 Å². The number of imidazole rings is 1. The zero-order chi connectivity index (χ0) is 20.9. The first-order chi connectivity index (χ1) is 14.6. The summed E-state index contributed by atoms with van der Waals surface area (Å²) in [6, 6.07) is 17.2. The van der Waals surface area contributed by atoms with E-state index in [1.165, 1.54) is 12.3 Å². The summed E-state index contributed by atoms with van der Waals surface area (Å²) >= 11 is 1.57. The predicted octanol–water partition coefficient (Wildman–Crippen LogP) is 3.46. The number of thioether (sulfide) groups is 1. The molecular formula is C21H16FN5O2S. The third kappa shape index (κ3) is 4.64. The lowest BCUT2D eigenvalue weighted by Crippen LogP contribution is -2.41.